The molecule has 0 fully saturated rings. The fourth-order valence-electron chi connectivity index (χ4n) is 0. The van der Waals surface area contributed by atoms with Gasteiger partial charge in [-0.3, -0.25) is 0 Å². The minimum atomic E-state index is -0.111. The van der Waals surface area contributed by atoms with Crippen LogP contribution >= 0.6 is 0 Å². The number of hydrogen-bond donors (Lipinski definition) is 0. The van der Waals surface area contributed by atoms with Crippen molar-refractivity contribution in [3.63, 3.8) is 0 Å². The van der Waals surface area contributed by atoms with E-state index < -0.39 is 0 Å². The van der Waals surface area contributed by atoms with Crippen LogP contribution in [0, 0.1) is 0 Å². The van der Waals surface area contributed by atoms with Gasteiger partial charge in [0.25, 0.3) is 0 Å². The van der Waals surface area contributed by atoms with Crippen molar-refractivity contribution in [3.05, 3.63) is 0 Å². The van der Waals surface area contributed by atoms with E-state index in [1.54, 1.807) is 19.0 Å². The maximum Gasteiger partial charge on any atom is 2.00 e. The molecule has 0 amide bonds. The van der Waals surface area contributed by atoms with Crippen LogP contribution in [0.1, 0.15) is 0 Å². The zero-order valence-electron chi connectivity index (χ0n) is 4.65. The number of rotatable bonds is 1. The molecule has 0 saturated carbocycles. The van der Waals surface area contributed by atoms with Gasteiger partial charge in [0.1, 0.15) is 0 Å². The number of halogens is 1. The first-order valence-electron chi connectivity index (χ1n) is 1.50. The normalized spacial score (nSPS) is 6.86. The van der Waals surface area contributed by atoms with Gasteiger partial charge in [-0.2, -0.15) is 0 Å². The molecular weight excluding hydrogens is 142 g/mol. The summed E-state index contributed by atoms with van der Waals surface area (Å²) in [4.78, 5) is 1.57. The Kier molecular flexibility index (Phi) is 23.6. The van der Waals surface area contributed by atoms with E-state index in [1.807, 2.05) is 0 Å². The van der Waals surface area contributed by atoms with Gasteiger partial charge in [0.05, 0.1) is 0 Å². The third-order valence-electron chi connectivity index (χ3n) is 0.258. The second kappa shape index (κ2) is 10.5. The van der Waals surface area contributed by atoms with Gasteiger partial charge in [-0.05, 0) is 14.1 Å². The van der Waals surface area contributed by atoms with Gasteiger partial charge in [-0.25, -0.2) is 0 Å². The molecule has 0 rings (SSSR count). The second-order valence-corrected chi connectivity index (χ2v) is 1.21. The Morgan fingerprint density at radius 1 is 1.43 bits per heavy atom. The molecule has 0 aliphatic rings. The Labute approximate surface area is 80.3 Å². The quantitative estimate of drug-likeness (QED) is 0.278. The van der Waals surface area contributed by atoms with Crippen molar-refractivity contribution < 1.29 is 17.5 Å². The molecule has 0 unspecified atom stereocenters. The summed E-state index contributed by atoms with van der Waals surface area (Å²) in [7, 11) is 3.49. The van der Waals surface area contributed by atoms with Crippen LogP contribution in [0.5, 0.6) is 0 Å². The van der Waals surface area contributed by atoms with Crippen molar-refractivity contribution in [2.75, 3.05) is 20.8 Å². The fraction of sp³-hybridized carbons (Fsp3) is 1.00. The summed E-state index contributed by atoms with van der Waals surface area (Å²) in [6, 6.07) is 0. The van der Waals surface area contributed by atoms with Crippen molar-refractivity contribution in [1.29, 1.82) is 0 Å². The minimum Gasteiger partial charge on any atom is -1.00 e. The summed E-state index contributed by atoms with van der Waals surface area (Å²) in [5.74, 6) is 0. The molecule has 4 heteroatoms. The van der Waals surface area contributed by atoms with Gasteiger partial charge < -0.3 is 22.4 Å². The van der Waals surface area contributed by atoms with Crippen molar-refractivity contribution in [2.24, 2.45) is 0 Å². The van der Waals surface area contributed by atoms with Crippen LogP contribution in [0.2, 0.25) is 0 Å². The summed E-state index contributed by atoms with van der Waals surface area (Å²) in [6.07, 6.45) is 0. The Morgan fingerprint density at radius 3 is 1.57 bits per heavy atom. The number of nitrogens with zero attached hydrogens (tertiary/aromatic N) is 1. The van der Waals surface area contributed by atoms with E-state index in [0.29, 0.717) is 0 Å². The van der Waals surface area contributed by atoms with Crippen LogP contribution in [0.4, 0.5) is 0 Å². The minimum absolute atomic E-state index is 0. The van der Waals surface area contributed by atoms with Crippen molar-refractivity contribution in [1.82, 2.24) is 4.90 Å². The molecule has 2 nitrogen and oxygen atoms in total. The van der Waals surface area contributed by atoms with E-state index >= 15 is 0 Å². The maximum atomic E-state index is 9.56. The van der Waals surface area contributed by atoms with E-state index in [4.69, 9.17) is 0 Å². The Morgan fingerprint density at radius 2 is 1.57 bits per heavy atom. The van der Waals surface area contributed by atoms with E-state index in [9.17, 15) is 5.11 Å². The zero-order valence-corrected chi connectivity index (χ0v) is 7.61. The first kappa shape index (κ1) is 15.8. The summed E-state index contributed by atoms with van der Waals surface area (Å²) < 4.78 is 0. The summed E-state index contributed by atoms with van der Waals surface area (Å²) in [5.41, 5.74) is 0. The smallest absolute Gasteiger partial charge is 1.00 e. The first-order valence-corrected chi connectivity index (χ1v) is 1.50. The van der Waals surface area contributed by atoms with Gasteiger partial charge in [-0.1, -0.05) is 6.73 Å². The standard InChI is InChI=1S/C3H8NO.Ca.ClH/c1-4(2)3-5;;/h3H2,1-2H3;;1H/q-1;+2;/p-1. The maximum absolute atomic E-state index is 9.56. The van der Waals surface area contributed by atoms with Crippen LogP contribution in [0.15, 0.2) is 0 Å². The van der Waals surface area contributed by atoms with Gasteiger partial charge >= 0.3 is 37.7 Å². The molecule has 7 heavy (non-hydrogen) atoms. The third-order valence-corrected chi connectivity index (χ3v) is 0.258. The topological polar surface area (TPSA) is 26.3 Å². The Balaban J connectivity index is -0.0000000800. The van der Waals surface area contributed by atoms with Gasteiger partial charge in [0.15, 0.2) is 0 Å². The SMILES string of the molecule is CN(C)C[O-].[Ca+2].[Cl-]. The summed E-state index contributed by atoms with van der Waals surface area (Å²) in [6.45, 7) is -0.111. The van der Waals surface area contributed by atoms with Crippen LogP contribution in [0.25, 0.3) is 0 Å². The molecule has 0 heterocycles. The number of hydrogen-bond acceptors (Lipinski definition) is 2. The van der Waals surface area contributed by atoms with Gasteiger partial charge in [-0.15, -0.1) is 0 Å². The molecule has 0 aromatic heterocycles. The fourth-order valence-corrected chi connectivity index (χ4v) is 0. The molecule has 0 atom stereocenters. The Bertz CT molecular complexity index is 28.9. The first-order chi connectivity index (χ1) is 2.27. The average molecular weight is 150 g/mol. The molecular formula is C3H8CaClNO. The average Bonchev–Trinajstić information content (AvgIpc) is 1.38. The molecule has 0 aromatic carbocycles. The van der Waals surface area contributed by atoms with E-state index in [2.05, 4.69) is 0 Å². The summed E-state index contributed by atoms with van der Waals surface area (Å²) >= 11 is 0. The Hall–Kier alpha value is 1.47. The zero-order chi connectivity index (χ0) is 4.28. The van der Waals surface area contributed by atoms with E-state index in [-0.39, 0.29) is 56.9 Å². The van der Waals surface area contributed by atoms with E-state index in [1.165, 1.54) is 0 Å². The largest absolute Gasteiger partial charge is 2.00 e. The molecule has 0 aromatic rings. The van der Waals surface area contributed by atoms with Crippen LogP contribution in [-0.2, 0) is 0 Å². The predicted octanol–water partition coefficient (Wildman–Crippen LogP) is -4.51. The third kappa shape index (κ3) is 18.6. The molecule has 0 N–H and O–H groups in total. The molecule has 40 valence electrons. The molecule has 0 bridgehead atoms. The van der Waals surface area contributed by atoms with Crippen LogP contribution in [0.3, 0.4) is 0 Å². The van der Waals surface area contributed by atoms with E-state index in [0.717, 1.165) is 0 Å². The van der Waals surface area contributed by atoms with Gasteiger partial charge in [0.2, 0.25) is 0 Å². The van der Waals surface area contributed by atoms with Crippen molar-refractivity contribution in [2.45, 2.75) is 0 Å². The summed E-state index contributed by atoms with van der Waals surface area (Å²) in [5, 5.41) is 9.56. The van der Waals surface area contributed by atoms with Crippen molar-refractivity contribution >= 4 is 37.7 Å². The molecule has 0 aliphatic heterocycles. The van der Waals surface area contributed by atoms with Crippen LogP contribution in [-0.4, -0.2) is 63.5 Å². The van der Waals surface area contributed by atoms with Crippen molar-refractivity contribution in [3.8, 4) is 0 Å². The molecule has 0 radical (unpaired) electrons. The monoisotopic (exact) mass is 149 g/mol. The predicted molar refractivity (Wildman–Crippen MR) is 24.3 cm³/mol. The molecule has 0 aliphatic carbocycles. The second-order valence-electron chi connectivity index (χ2n) is 1.21. The molecule has 0 saturated heterocycles. The van der Waals surface area contributed by atoms with Crippen LogP contribution < -0.4 is 17.5 Å². The molecule has 0 spiro atoms. The van der Waals surface area contributed by atoms with Gasteiger partial charge in [0, 0.05) is 0 Å².